The number of oxazole rings is 1. The summed E-state index contributed by atoms with van der Waals surface area (Å²) in [6.45, 7) is 3.97. The van der Waals surface area contributed by atoms with Crippen LogP contribution in [0.2, 0.25) is 0 Å². The SMILES string of the molecule is CCOC(=O)c1oc(Br)nc1CC. The lowest BCUT2D eigenvalue weighted by Crippen LogP contribution is -2.05. The molecule has 0 fully saturated rings. The van der Waals surface area contributed by atoms with Crippen molar-refractivity contribution in [3.8, 4) is 0 Å². The number of carbonyl (C=O) groups excluding carboxylic acids is 1. The molecule has 0 N–H and O–H groups in total. The van der Waals surface area contributed by atoms with Crippen molar-refractivity contribution in [2.24, 2.45) is 0 Å². The molecule has 1 aromatic rings. The topological polar surface area (TPSA) is 52.3 Å². The van der Waals surface area contributed by atoms with Gasteiger partial charge in [-0.15, -0.1) is 0 Å². The molecule has 1 heterocycles. The number of hydrogen-bond donors (Lipinski definition) is 0. The van der Waals surface area contributed by atoms with E-state index in [-0.39, 0.29) is 5.76 Å². The van der Waals surface area contributed by atoms with Gasteiger partial charge in [-0.3, -0.25) is 0 Å². The molecule has 13 heavy (non-hydrogen) atoms. The van der Waals surface area contributed by atoms with Gasteiger partial charge in [-0.1, -0.05) is 6.92 Å². The summed E-state index contributed by atoms with van der Waals surface area (Å²) in [5.74, 6) is -0.270. The van der Waals surface area contributed by atoms with Gasteiger partial charge >= 0.3 is 5.97 Å². The van der Waals surface area contributed by atoms with Crippen LogP contribution in [0.3, 0.4) is 0 Å². The second kappa shape index (κ2) is 4.41. The highest BCUT2D eigenvalue weighted by Gasteiger charge is 2.18. The van der Waals surface area contributed by atoms with Crippen molar-refractivity contribution in [3.63, 3.8) is 0 Å². The molecule has 0 atom stereocenters. The summed E-state index contributed by atoms with van der Waals surface area (Å²) >= 11 is 3.06. The number of nitrogens with zero attached hydrogens (tertiary/aromatic N) is 1. The van der Waals surface area contributed by atoms with Gasteiger partial charge in [0.2, 0.25) is 5.76 Å². The van der Waals surface area contributed by atoms with E-state index in [2.05, 4.69) is 20.9 Å². The Morgan fingerprint density at radius 1 is 1.62 bits per heavy atom. The van der Waals surface area contributed by atoms with Crippen LogP contribution in [-0.2, 0) is 11.2 Å². The quantitative estimate of drug-likeness (QED) is 0.769. The van der Waals surface area contributed by atoms with Crippen LogP contribution in [0.15, 0.2) is 9.22 Å². The molecular formula is C8H10BrNO3. The van der Waals surface area contributed by atoms with Crippen molar-refractivity contribution < 1.29 is 13.9 Å². The number of hydrogen-bond acceptors (Lipinski definition) is 4. The second-order valence-corrected chi connectivity index (χ2v) is 3.00. The molecule has 0 amide bonds. The standard InChI is InChI=1S/C8H10BrNO3/c1-3-5-6(7(11)12-4-2)13-8(9)10-5/h3-4H2,1-2H3. The van der Waals surface area contributed by atoms with Crippen molar-refractivity contribution in [2.75, 3.05) is 6.61 Å². The normalized spacial score (nSPS) is 10.1. The molecule has 0 aromatic carbocycles. The Labute approximate surface area is 84.4 Å². The fraction of sp³-hybridized carbons (Fsp3) is 0.500. The van der Waals surface area contributed by atoms with E-state index in [0.29, 0.717) is 23.5 Å². The largest absolute Gasteiger partial charge is 0.460 e. The predicted molar refractivity (Wildman–Crippen MR) is 49.5 cm³/mol. The van der Waals surface area contributed by atoms with Gasteiger partial charge in [-0.05, 0) is 13.3 Å². The summed E-state index contributed by atoms with van der Waals surface area (Å²) in [5.41, 5.74) is 0.616. The van der Waals surface area contributed by atoms with Crippen molar-refractivity contribution in [1.29, 1.82) is 0 Å². The maximum Gasteiger partial charge on any atom is 0.376 e. The number of ether oxygens (including phenoxy) is 1. The van der Waals surface area contributed by atoms with E-state index in [0.717, 1.165) is 0 Å². The van der Waals surface area contributed by atoms with E-state index in [4.69, 9.17) is 9.15 Å². The molecule has 0 spiro atoms. The van der Waals surface area contributed by atoms with Gasteiger partial charge < -0.3 is 9.15 Å². The first-order chi connectivity index (χ1) is 6.19. The molecule has 1 rings (SSSR count). The third kappa shape index (κ3) is 2.30. The smallest absolute Gasteiger partial charge is 0.376 e. The van der Waals surface area contributed by atoms with E-state index in [1.165, 1.54) is 0 Å². The van der Waals surface area contributed by atoms with Crippen LogP contribution in [0, 0.1) is 0 Å². The molecule has 0 saturated carbocycles. The molecule has 0 aliphatic rings. The average Bonchev–Trinajstić information content (AvgIpc) is 2.47. The van der Waals surface area contributed by atoms with Crippen LogP contribution in [-0.4, -0.2) is 17.6 Å². The van der Waals surface area contributed by atoms with Gasteiger partial charge in [0.15, 0.2) is 0 Å². The zero-order valence-electron chi connectivity index (χ0n) is 7.46. The van der Waals surface area contributed by atoms with Crippen molar-refractivity contribution in [2.45, 2.75) is 20.3 Å². The molecule has 0 aliphatic heterocycles. The van der Waals surface area contributed by atoms with E-state index in [1.807, 2.05) is 6.92 Å². The van der Waals surface area contributed by atoms with Crippen LogP contribution >= 0.6 is 15.9 Å². The zero-order chi connectivity index (χ0) is 9.84. The molecule has 0 radical (unpaired) electrons. The molecular weight excluding hydrogens is 238 g/mol. The number of halogens is 1. The fourth-order valence-electron chi connectivity index (χ4n) is 0.919. The molecule has 0 unspecified atom stereocenters. The van der Waals surface area contributed by atoms with E-state index >= 15 is 0 Å². The summed E-state index contributed by atoms with van der Waals surface area (Å²) < 4.78 is 9.84. The molecule has 72 valence electrons. The zero-order valence-corrected chi connectivity index (χ0v) is 9.05. The molecule has 5 heteroatoms. The molecule has 0 aliphatic carbocycles. The van der Waals surface area contributed by atoms with Crippen LogP contribution < -0.4 is 0 Å². The first kappa shape index (κ1) is 10.2. The monoisotopic (exact) mass is 247 g/mol. The Morgan fingerprint density at radius 3 is 2.85 bits per heavy atom. The van der Waals surface area contributed by atoms with Crippen LogP contribution in [0.1, 0.15) is 30.1 Å². The lowest BCUT2D eigenvalue weighted by Gasteiger charge is -1.97. The predicted octanol–water partition coefficient (Wildman–Crippen LogP) is 2.18. The van der Waals surface area contributed by atoms with Crippen LogP contribution in [0.5, 0.6) is 0 Å². The lowest BCUT2D eigenvalue weighted by atomic mass is 10.3. The minimum atomic E-state index is -0.461. The van der Waals surface area contributed by atoms with Crippen LogP contribution in [0.4, 0.5) is 0 Å². The summed E-state index contributed by atoms with van der Waals surface area (Å²) in [5, 5.41) is 0. The van der Waals surface area contributed by atoms with Gasteiger partial charge in [0.1, 0.15) is 0 Å². The first-order valence-corrected chi connectivity index (χ1v) is 4.80. The summed E-state index contributed by atoms with van der Waals surface area (Å²) in [7, 11) is 0. The summed E-state index contributed by atoms with van der Waals surface area (Å²) in [6.07, 6.45) is 0.642. The molecule has 1 aromatic heterocycles. The second-order valence-electron chi connectivity index (χ2n) is 2.32. The third-order valence-electron chi connectivity index (χ3n) is 1.47. The van der Waals surface area contributed by atoms with Gasteiger partial charge in [0.05, 0.1) is 12.3 Å². The third-order valence-corrected chi connectivity index (χ3v) is 1.81. The Kier molecular flexibility index (Phi) is 3.48. The number of aromatic nitrogens is 1. The van der Waals surface area contributed by atoms with Crippen molar-refractivity contribution in [3.05, 3.63) is 16.3 Å². The fourth-order valence-corrected chi connectivity index (χ4v) is 1.29. The highest BCUT2D eigenvalue weighted by molar-refractivity contribution is 9.10. The molecule has 4 nitrogen and oxygen atoms in total. The molecule has 0 bridgehead atoms. The van der Waals surface area contributed by atoms with Crippen molar-refractivity contribution in [1.82, 2.24) is 4.98 Å². The highest BCUT2D eigenvalue weighted by Crippen LogP contribution is 2.17. The number of rotatable bonds is 3. The summed E-state index contributed by atoms with van der Waals surface area (Å²) in [4.78, 5) is 15.6. The van der Waals surface area contributed by atoms with Crippen molar-refractivity contribution >= 4 is 21.9 Å². The highest BCUT2D eigenvalue weighted by atomic mass is 79.9. The maximum atomic E-state index is 11.3. The molecule has 0 saturated heterocycles. The average molecular weight is 248 g/mol. The lowest BCUT2D eigenvalue weighted by molar-refractivity contribution is 0.0487. The Bertz CT molecular complexity index is 308. The Morgan fingerprint density at radius 2 is 2.31 bits per heavy atom. The minimum absolute atomic E-state index is 0.191. The van der Waals surface area contributed by atoms with Gasteiger partial charge in [0, 0.05) is 15.9 Å². The van der Waals surface area contributed by atoms with Gasteiger partial charge in [-0.2, -0.15) is 0 Å². The number of esters is 1. The minimum Gasteiger partial charge on any atom is -0.460 e. The first-order valence-electron chi connectivity index (χ1n) is 4.01. The number of carbonyl (C=O) groups is 1. The Hall–Kier alpha value is -0.840. The van der Waals surface area contributed by atoms with E-state index in [1.54, 1.807) is 6.92 Å². The number of aryl methyl sites for hydroxylation is 1. The maximum absolute atomic E-state index is 11.3. The Balaban J connectivity index is 2.91. The van der Waals surface area contributed by atoms with E-state index in [9.17, 15) is 4.79 Å². The summed E-state index contributed by atoms with van der Waals surface area (Å²) in [6, 6.07) is 0. The van der Waals surface area contributed by atoms with Gasteiger partial charge in [-0.25, -0.2) is 9.78 Å². The van der Waals surface area contributed by atoms with Gasteiger partial charge in [0.25, 0.3) is 4.80 Å². The van der Waals surface area contributed by atoms with Crippen LogP contribution in [0.25, 0.3) is 0 Å². The van der Waals surface area contributed by atoms with E-state index < -0.39 is 5.97 Å².